The van der Waals surface area contributed by atoms with Crippen LogP contribution in [0.2, 0.25) is 0 Å². The smallest absolute Gasteiger partial charge is 0.315 e. The molecule has 0 atom stereocenters. The molecule has 0 saturated heterocycles. The third-order valence-electron chi connectivity index (χ3n) is 2.71. The largest absolute Gasteiger partial charge is 0.481 e. The van der Waals surface area contributed by atoms with Crippen molar-refractivity contribution in [1.82, 2.24) is 10.6 Å². The van der Waals surface area contributed by atoms with Crippen LogP contribution in [0.4, 0.5) is 4.79 Å². The molecule has 0 bridgehead atoms. The van der Waals surface area contributed by atoms with Gasteiger partial charge in [-0.1, -0.05) is 6.92 Å². The molecule has 1 aliphatic carbocycles. The van der Waals surface area contributed by atoms with Gasteiger partial charge >= 0.3 is 12.0 Å². The van der Waals surface area contributed by atoms with E-state index in [1.54, 1.807) is 0 Å². The van der Waals surface area contributed by atoms with Crippen molar-refractivity contribution in [2.45, 2.75) is 44.6 Å². The quantitative estimate of drug-likeness (QED) is 0.641. The van der Waals surface area contributed by atoms with Crippen molar-refractivity contribution < 1.29 is 14.7 Å². The molecule has 0 aromatic carbocycles. The Hall–Kier alpha value is -1.26. The molecule has 1 saturated carbocycles. The first-order chi connectivity index (χ1) is 7.08. The predicted molar refractivity (Wildman–Crippen MR) is 55.7 cm³/mol. The van der Waals surface area contributed by atoms with E-state index in [0.29, 0.717) is 6.54 Å². The summed E-state index contributed by atoms with van der Waals surface area (Å²) in [5.74, 6) is -0.856. The van der Waals surface area contributed by atoms with Crippen molar-refractivity contribution >= 4 is 12.0 Å². The molecule has 0 spiro atoms. The number of carboxylic acids is 1. The van der Waals surface area contributed by atoms with Crippen molar-refractivity contribution in [3.63, 3.8) is 0 Å². The van der Waals surface area contributed by atoms with E-state index in [0.717, 1.165) is 25.7 Å². The minimum absolute atomic E-state index is 0.0204. The number of hydrogen-bond acceptors (Lipinski definition) is 2. The lowest BCUT2D eigenvalue weighted by Crippen LogP contribution is -2.57. The first-order valence-corrected chi connectivity index (χ1v) is 5.36. The molecule has 1 fully saturated rings. The Labute approximate surface area is 89.2 Å². The van der Waals surface area contributed by atoms with E-state index in [1.165, 1.54) is 0 Å². The van der Waals surface area contributed by atoms with E-state index in [2.05, 4.69) is 10.6 Å². The topological polar surface area (TPSA) is 78.4 Å². The third kappa shape index (κ3) is 3.42. The number of urea groups is 1. The summed E-state index contributed by atoms with van der Waals surface area (Å²) in [5.41, 5.74) is -0.496. The second-order valence-electron chi connectivity index (χ2n) is 4.09. The van der Waals surface area contributed by atoms with Crippen LogP contribution in [0.1, 0.15) is 39.0 Å². The highest BCUT2D eigenvalue weighted by atomic mass is 16.4. The van der Waals surface area contributed by atoms with Gasteiger partial charge in [-0.05, 0) is 25.7 Å². The van der Waals surface area contributed by atoms with Gasteiger partial charge in [-0.25, -0.2) is 4.79 Å². The zero-order valence-electron chi connectivity index (χ0n) is 9.01. The molecule has 2 amide bonds. The summed E-state index contributed by atoms with van der Waals surface area (Å²) >= 11 is 0. The number of rotatable bonds is 5. The summed E-state index contributed by atoms with van der Waals surface area (Å²) < 4.78 is 0. The number of carboxylic acid groups (broad SMARTS) is 1. The van der Waals surface area contributed by atoms with Gasteiger partial charge in [0, 0.05) is 6.54 Å². The van der Waals surface area contributed by atoms with Crippen molar-refractivity contribution in [2.24, 2.45) is 0 Å². The molecule has 0 heterocycles. The van der Waals surface area contributed by atoms with Crippen LogP contribution in [0.25, 0.3) is 0 Å². The van der Waals surface area contributed by atoms with Crippen LogP contribution in [0.3, 0.4) is 0 Å². The average Bonchev–Trinajstić information content (AvgIpc) is 2.10. The first-order valence-electron chi connectivity index (χ1n) is 5.36. The zero-order valence-corrected chi connectivity index (χ0v) is 9.01. The average molecular weight is 214 g/mol. The van der Waals surface area contributed by atoms with Crippen LogP contribution >= 0.6 is 0 Å². The maximum atomic E-state index is 11.4. The maximum absolute atomic E-state index is 11.4. The molecule has 0 aliphatic heterocycles. The summed E-state index contributed by atoms with van der Waals surface area (Å²) in [7, 11) is 0. The van der Waals surface area contributed by atoms with Crippen LogP contribution in [0.5, 0.6) is 0 Å². The van der Waals surface area contributed by atoms with Gasteiger partial charge in [0.15, 0.2) is 0 Å². The number of aliphatic carboxylic acids is 1. The Kier molecular flexibility index (Phi) is 3.94. The lowest BCUT2D eigenvalue weighted by atomic mass is 9.74. The van der Waals surface area contributed by atoms with Crippen LogP contribution in [0.15, 0.2) is 0 Å². The van der Waals surface area contributed by atoms with E-state index in [9.17, 15) is 9.59 Å². The highest BCUT2D eigenvalue weighted by Crippen LogP contribution is 2.34. The molecule has 0 radical (unpaired) electrons. The fourth-order valence-electron chi connectivity index (χ4n) is 1.76. The predicted octanol–water partition coefficient (Wildman–Crippen LogP) is 1.09. The molecule has 0 unspecified atom stereocenters. The van der Waals surface area contributed by atoms with Crippen molar-refractivity contribution in [3.8, 4) is 0 Å². The minimum atomic E-state index is -0.856. The van der Waals surface area contributed by atoms with Crippen LogP contribution in [-0.2, 0) is 4.79 Å². The van der Waals surface area contributed by atoms with E-state index < -0.39 is 11.5 Å². The van der Waals surface area contributed by atoms with Gasteiger partial charge < -0.3 is 15.7 Å². The zero-order chi connectivity index (χ0) is 11.3. The first kappa shape index (κ1) is 11.8. The molecule has 15 heavy (non-hydrogen) atoms. The van der Waals surface area contributed by atoms with Gasteiger partial charge in [-0.2, -0.15) is 0 Å². The number of hydrogen-bond donors (Lipinski definition) is 3. The molecule has 86 valence electrons. The molecule has 0 aromatic heterocycles. The van der Waals surface area contributed by atoms with Gasteiger partial charge in [0.2, 0.25) is 0 Å². The molecule has 0 aromatic rings. The van der Waals surface area contributed by atoms with Gasteiger partial charge in [0.1, 0.15) is 0 Å². The highest BCUT2D eigenvalue weighted by Gasteiger charge is 2.40. The second kappa shape index (κ2) is 5.00. The second-order valence-corrected chi connectivity index (χ2v) is 4.09. The van der Waals surface area contributed by atoms with E-state index >= 15 is 0 Å². The molecule has 5 nitrogen and oxygen atoms in total. The summed E-state index contributed by atoms with van der Waals surface area (Å²) in [6, 6.07) is -0.252. The lowest BCUT2D eigenvalue weighted by Gasteiger charge is -2.41. The van der Waals surface area contributed by atoms with Gasteiger partial charge in [0.05, 0.1) is 12.0 Å². The summed E-state index contributed by atoms with van der Waals surface area (Å²) in [6.45, 7) is 2.59. The summed E-state index contributed by atoms with van der Waals surface area (Å²) in [6.07, 6.45) is 3.41. The molecule has 5 heteroatoms. The SMILES string of the molecule is CCCNC(=O)NC1(CC(=O)O)CCC1. The number of carbonyl (C=O) groups excluding carboxylic acids is 1. The van der Waals surface area contributed by atoms with Crippen molar-refractivity contribution in [1.29, 1.82) is 0 Å². The summed E-state index contributed by atoms with van der Waals surface area (Å²) in [5, 5.41) is 14.2. The molecule has 1 rings (SSSR count). The van der Waals surface area contributed by atoms with E-state index in [-0.39, 0.29) is 12.5 Å². The van der Waals surface area contributed by atoms with Gasteiger partial charge in [-0.3, -0.25) is 4.79 Å². The number of carbonyl (C=O) groups is 2. The molecule has 1 aliphatic rings. The highest BCUT2D eigenvalue weighted by molar-refractivity contribution is 5.77. The molecular weight excluding hydrogens is 196 g/mol. The maximum Gasteiger partial charge on any atom is 0.315 e. The summed E-state index contributed by atoms with van der Waals surface area (Å²) in [4.78, 5) is 22.0. The Bertz CT molecular complexity index is 249. The Morgan fingerprint density at radius 3 is 2.47 bits per heavy atom. The van der Waals surface area contributed by atoms with E-state index in [4.69, 9.17) is 5.11 Å². The third-order valence-corrected chi connectivity index (χ3v) is 2.71. The Morgan fingerprint density at radius 2 is 2.07 bits per heavy atom. The molecule has 3 N–H and O–H groups in total. The fraction of sp³-hybridized carbons (Fsp3) is 0.800. The number of amides is 2. The lowest BCUT2D eigenvalue weighted by molar-refractivity contribution is -0.139. The van der Waals surface area contributed by atoms with Gasteiger partial charge in [0.25, 0.3) is 0 Å². The van der Waals surface area contributed by atoms with Crippen molar-refractivity contribution in [2.75, 3.05) is 6.54 Å². The normalized spacial score (nSPS) is 17.7. The number of nitrogens with one attached hydrogen (secondary N) is 2. The fourth-order valence-corrected chi connectivity index (χ4v) is 1.76. The van der Waals surface area contributed by atoms with Crippen molar-refractivity contribution in [3.05, 3.63) is 0 Å². The van der Waals surface area contributed by atoms with Gasteiger partial charge in [-0.15, -0.1) is 0 Å². The monoisotopic (exact) mass is 214 g/mol. The van der Waals surface area contributed by atoms with Crippen LogP contribution in [0, 0.1) is 0 Å². The Morgan fingerprint density at radius 1 is 1.40 bits per heavy atom. The minimum Gasteiger partial charge on any atom is -0.481 e. The standard InChI is InChI=1S/C10H18N2O3/c1-2-6-11-9(15)12-10(4-3-5-10)7-8(13)14/h2-7H2,1H3,(H,13,14)(H2,11,12,15). The Balaban J connectivity index is 2.38. The van der Waals surface area contributed by atoms with Crippen LogP contribution < -0.4 is 10.6 Å². The van der Waals surface area contributed by atoms with E-state index in [1.807, 2.05) is 6.92 Å². The molecular formula is C10H18N2O3. The van der Waals surface area contributed by atoms with Crippen LogP contribution in [-0.4, -0.2) is 29.2 Å².